The van der Waals surface area contributed by atoms with E-state index >= 15 is 0 Å². The summed E-state index contributed by atoms with van der Waals surface area (Å²) in [5.41, 5.74) is 0. The number of carbonyl (C=O) groups excluding carboxylic acids is 1. The predicted molar refractivity (Wildman–Crippen MR) is 39.3 cm³/mol. The molecule has 0 aromatic heterocycles. The van der Waals surface area contributed by atoms with Gasteiger partial charge in [0.2, 0.25) is 5.78 Å². The van der Waals surface area contributed by atoms with Crippen molar-refractivity contribution in [1.29, 1.82) is 0 Å². The topological polar surface area (TPSA) is 96.2 Å². The molecule has 0 amide bonds. The molecule has 66 valence electrons. The maximum absolute atomic E-state index is 10.8. The van der Waals surface area contributed by atoms with Gasteiger partial charge >= 0.3 is 7.82 Å². The van der Waals surface area contributed by atoms with E-state index in [1.54, 1.807) is 0 Å². The van der Waals surface area contributed by atoms with E-state index in [2.05, 4.69) is 9.52 Å². The lowest BCUT2D eigenvalue weighted by atomic mass is 10.2. The van der Waals surface area contributed by atoms with Gasteiger partial charge in [-0.15, -0.1) is 0 Å². The average molecular weight is 191 g/mol. The Labute approximate surface area is 67.8 Å². The molecule has 1 aliphatic rings. The van der Waals surface area contributed by atoms with Crippen LogP contribution in [-0.2, 0) is 13.9 Å². The minimum Gasteiger partial charge on any atom is -0.382 e. The number of phosphoric ester groups is 1. The van der Waals surface area contributed by atoms with Crippen LogP contribution in [0.2, 0.25) is 0 Å². The summed E-state index contributed by atoms with van der Waals surface area (Å²) in [6, 6.07) is 0. The summed E-state index contributed by atoms with van der Waals surface area (Å²) in [5, 5.41) is 0. The van der Waals surface area contributed by atoms with Gasteiger partial charge in [0, 0.05) is 12.6 Å². The molecular weight excluding hydrogens is 185 g/mol. The van der Waals surface area contributed by atoms with E-state index in [4.69, 9.17) is 9.79 Å². The van der Waals surface area contributed by atoms with Crippen molar-refractivity contribution in [2.45, 2.75) is 6.42 Å². The Morgan fingerprint density at radius 3 is 2.75 bits per heavy atom. The molecule has 0 aromatic carbocycles. The number of ketones is 1. The van der Waals surface area contributed by atoms with Gasteiger partial charge in [-0.2, -0.15) is 0 Å². The third kappa shape index (κ3) is 2.58. The quantitative estimate of drug-likeness (QED) is 0.567. The van der Waals surface area contributed by atoms with Crippen LogP contribution in [0.25, 0.3) is 0 Å². The summed E-state index contributed by atoms with van der Waals surface area (Å²) in [6.45, 7) is 0. The number of phosphoric acid groups is 1. The lowest BCUT2D eigenvalue weighted by molar-refractivity contribution is -0.113. The number of allylic oxidation sites excluding steroid dienone is 1. The molecule has 0 bridgehead atoms. The highest BCUT2D eigenvalue weighted by Gasteiger charge is 2.24. The van der Waals surface area contributed by atoms with Gasteiger partial charge in [0.05, 0.1) is 0 Å². The average Bonchev–Trinajstić information content (AvgIpc) is 1.91. The van der Waals surface area contributed by atoms with Crippen LogP contribution in [0.4, 0.5) is 0 Å². The lowest BCUT2D eigenvalue weighted by Crippen LogP contribution is -2.17. The normalized spacial score (nSPS) is 17.5. The molecule has 0 aliphatic carbocycles. The molecule has 0 fully saturated rings. The Hall–Kier alpha value is -0.970. The van der Waals surface area contributed by atoms with Crippen molar-refractivity contribution >= 4 is 19.5 Å². The van der Waals surface area contributed by atoms with Crippen molar-refractivity contribution in [1.82, 2.24) is 0 Å². The van der Waals surface area contributed by atoms with Crippen LogP contribution >= 0.6 is 7.82 Å². The van der Waals surface area contributed by atoms with Crippen LogP contribution in [0.15, 0.2) is 17.3 Å². The molecule has 0 aromatic rings. The van der Waals surface area contributed by atoms with Crippen LogP contribution in [0.1, 0.15) is 6.42 Å². The number of aliphatic imine (C=N–C) groups is 1. The summed E-state index contributed by atoms with van der Waals surface area (Å²) in [5.74, 6) is -1.08. The van der Waals surface area contributed by atoms with Gasteiger partial charge in [-0.3, -0.25) is 14.6 Å². The molecule has 1 heterocycles. The highest BCUT2D eigenvalue weighted by atomic mass is 31.2. The largest absolute Gasteiger partial charge is 0.526 e. The van der Waals surface area contributed by atoms with Crippen molar-refractivity contribution in [2.24, 2.45) is 4.99 Å². The van der Waals surface area contributed by atoms with Crippen LogP contribution in [-0.4, -0.2) is 21.5 Å². The molecule has 12 heavy (non-hydrogen) atoms. The standard InChI is InChI=1S/C5H6NO5P/c7-4-2-1-3-6-5(4)11-12(8,9)10/h1,3H,2H2,(H2,8,9,10). The first-order chi connectivity index (χ1) is 5.49. The second-order valence-electron chi connectivity index (χ2n) is 2.03. The zero-order valence-electron chi connectivity index (χ0n) is 5.88. The zero-order valence-corrected chi connectivity index (χ0v) is 6.77. The molecule has 0 spiro atoms. The van der Waals surface area contributed by atoms with Crippen molar-refractivity contribution in [3.8, 4) is 0 Å². The number of carbonyl (C=O) groups is 1. The lowest BCUT2D eigenvalue weighted by Gasteiger charge is -2.08. The Morgan fingerprint density at radius 2 is 2.25 bits per heavy atom. The summed E-state index contributed by atoms with van der Waals surface area (Å²) in [7, 11) is -4.66. The van der Waals surface area contributed by atoms with Crippen LogP contribution in [0, 0.1) is 0 Å². The molecule has 0 saturated heterocycles. The molecule has 0 saturated carbocycles. The van der Waals surface area contributed by atoms with Gasteiger partial charge in [-0.1, -0.05) is 6.08 Å². The fourth-order valence-electron chi connectivity index (χ4n) is 0.627. The summed E-state index contributed by atoms with van der Waals surface area (Å²) >= 11 is 0. The van der Waals surface area contributed by atoms with E-state index in [9.17, 15) is 9.36 Å². The van der Waals surface area contributed by atoms with Gasteiger partial charge in [0.25, 0.3) is 5.90 Å². The van der Waals surface area contributed by atoms with Crippen molar-refractivity contribution in [3.05, 3.63) is 12.3 Å². The van der Waals surface area contributed by atoms with E-state index in [0.717, 1.165) is 0 Å². The minimum absolute atomic E-state index is 0.0544. The second kappa shape index (κ2) is 3.18. The third-order valence-electron chi connectivity index (χ3n) is 1.04. The number of hydrogen-bond acceptors (Lipinski definition) is 4. The Morgan fingerprint density at radius 1 is 1.58 bits per heavy atom. The number of Topliss-reactive ketones (excluding diaryl/α,β-unsaturated/α-hetero) is 1. The first kappa shape index (κ1) is 9.12. The third-order valence-corrected chi connectivity index (χ3v) is 1.46. The molecule has 1 rings (SSSR count). The monoisotopic (exact) mass is 191 g/mol. The summed E-state index contributed by atoms with van der Waals surface area (Å²) in [4.78, 5) is 30.8. The molecule has 0 unspecified atom stereocenters. The van der Waals surface area contributed by atoms with E-state index in [0.29, 0.717) is 0 Å². The minimum atomic E-state index is -4.66. The Bertz CT molecular complexity index is 301. The maximum atomic E-state index is 10.8. The van der Waals surface area contributed by atoms with Gasteiger partial charge in [-0.05, 0) is 0 Å². The predicted octanol–water partition coefficient (Wildman–Crippen LogP) is -0.0193. The second-order valence-corrected chi connectivity index (χ2v) is 3.19. The summed E-state index contributed by atoms with van der Waals surface area (Å²) < 4.78 is 14.3. The van der Waals surface area contributed by atoms with Crippen LogP contribution in [0.5, 0.6) is 0 Å². The molecule has 6 nitrogen and oxygen atoms in total. The van der Waals surface area contributed by atoms with E-state index in [1.165, 1.54) is 12.3 Å². The Balaban J connectivity index is 2.75. The summed E-state index contributed by atoms with van der Waals surface area (Å²) in [6.07, 6.45) is 2.78. The molecular formula is C5H6NO5P. The highest BCUT2D eigenvalue weighted by molar-refractivity contribution is 7.47. The van der Waals surface area contributed by atoms with Crippen LogP contribution in [0.3, 0.4) is 0 Å². The van der Waals surface area contributed by atoms with Crippen LogP contribution < -0.4 is 0 Å². The van der Waals surface area contributed by atoms with Gasteiger partial charge in [0.15, 0.2) is 0 Å². The highest BCUT2D eigenvalue weighted by Crippen LogP contribution is 2.36. The van der Waals surface area contributed by atoms with Crippen molar-refractivity contribution in [3.63, 3.8) is 0 Å². The van der Waals surface area contributed by atoms with E-state index < -0.39 is 19.5 Å². The molecule has 1 aliphatic heterocycles. The zero-order chi connectivity index (χ0) is 9.19. The van der Waals surface area contributed by atoms with Crippen molar-refractivity contribution in [2.75, 3.05) is 0 Å². The fraction of sp³-hybridized carbons (Fsp3) is 0.200. The SMILES string of the molecule is O=C1CC=CN=C1OP(=O)(O)O. The number of nitrogens with zero attached hydrogens (tertiary/aromatic N) is 1. The van der Waals surface area contributed by atoms with E-state index in [-0.39, 0.29) is 6.42 Å². The molecule has 7 heteroatoms. The van der Waals surface area contributed by atoms with Gasteiger partial charge in [0.1, 0.15) is 0 Å². The number of hydrogen-bond donors (Lipinski definition) is 2. The first-order valence-corrected chi connectivity index (χ1v) is 4.53. The molecule has 2 N–H and O–H groups in total. The van der Waals surface area contributed by atoms with Crippen molar-refractivity contribution < 1.29 is 23.7 Å². The Kier molecular flexibility index (Phi) is 2.42. The maximum Gasteiger partial charge on any atom is 0.526 e. The fourth-order valence-corrected chi connectivity index (χ4v) is 1.00. The smallest absolute Gasteiger partial charge is 0.382 e. The molecule has 0 radical (unpaired) electrons. The van der Waals surface area contributed by atoms with Gasteiger partial charge in [-0.25, -0.2) is 9.56 Å². The van der Waals surface area contributed by atoms with E-state index in [1.807, 2.05) is 0 Å². The molecule has 0 atom stereocenters. The number of rotatable bonds is 1. The van der Waals surface area contributed by atoms with Gasteiger partial charge < -0.3 is 4.52 Å². The first-order valence-electron chi connectivity index (χ1n) is 3.00.